The second-order valence-corrected chi connectivity index (χ2v) is 4.74. The van der Waals surface area contributed by atoms with Crippen LogP contribution in [0.2, 0.25) is 0 Å². The van der Waals surface area contributed by atoms with Crippen molar-refractivity contribution in [2.45, 2.75) is 0 Å². The van der Waals surface area contributed by atoms with Gasteiger partial charge in [-0.1, -0.05) is 12.1 Å². The van der Waals surface area contributed by atoms with Crippen LogP contribution < -0.4 is 0 Å². The van der Waals surface area contributed by atoms with Gasteiger partial charge >= 0.3 is 0 Å². The molecule has 0 saturated carbocycles. The number of pyridine rings is 1. The van der Waals surface area contributed by atoms with Crippen LogP contribution in [0, 0.1) is 0 Å². The van der Waals surface area contributed by atoms with Gasteiger partial charge in [-0.3, -0.25) is 4.98 Å². The summed E-state index contributed by atoms with van der Waals surface area (Å²) < 4.78 is 0. The van der Waals surface area contributed by atoms with Crippen molar-refractivity contribution in [2.75, 3.05) is 0 Å². The summed E-state index contributed by atoms with van der Waals surface area (Å²) in [7, 11) is 0. The lowest BCUT2D eigenvalue weighted by molar-refractivity contribution is 1.20. The summed E-state index contributed by atoms with van der Waals surface area (Å²) in [6.07, 6.45) is 8.53. The van der Waals surface area contributed by atoms with Gasteiger partial charge in [0.2, 0.25) is 0 Å². The van der Waals surface area contributed by atoms with Crippen molar-refractivity contribution in [3.8, 4) is 0 Å². The molecular formula is C16H12N6. The zero-order valence-corrected chi connectivity index (χ0v) is 11.6. The summed E-state index contributed by atoms with van der Waals surface area (Å²) in [5.74, 6) is 0. The number of nitrogens with one attached hydrogen (secondary N) is 2. The number of nitrogens with zero attached hydrogens (tertiary/aromatic N) is 4. The highest BCUT2D eigenvalue weighted by Crippen LogP contribution is 2.21. The van der Waals surface area contributed by atoms with Gasteiger partial charge in [0.25, 0.3) is 0 Å². The summed E-state index contributed by atoms with van der Waals surface area (Å²) in [6.45, 7) is 0. The smallest absolute Gasteiger partial charge is 0.180 e. The van der Waals surface area contributed by atoms with Gasteiger partial charge < -0.3 is 9.97 Å². The molecular weight excluding hydrogens is 276 g/mol. The van der Waals surface area contributed by atoms with Crippen LogP contribution in [0.15, 0.2) is 61.6 Å². The van der Waals surface area contributed by atoms with Gasteiger partial charge in [0.1, 0.15) is 11.8 Å². The lowest BCUT2D eigenvalue weighted by atomic mass is 10.1. The molecule has 0 aliphatic rings. The van der Waals surface area contributed by atoms with E-state index in [0.29, 0.717) is 5.65 Å². The van der Waals surface area contributed by atoms with Crippen LogP contribution in [-0.4, -0.2) is 29.9 Å². The first-order chi connectivity index (χ1) is 10.9. The van der Waals surface area contributed by atoms with E-state index < -0.39 is 0 Å². The number of imidazole rings is 1. The van der Waals surface area contributed by atoms with Crippen LogP contribution in [-0.2, 0) is 0 Å². The summed E-state index contributed by atoms with van der Waals surface area (Å²) in [5.41, 5.74) is 3.80. The normalized spacial score (nSPS) is 10.7. The standard InChI is InChI=1S/C11H8N2.C5H4N4/c1-2-8-3-4-10-9(5-7-12-10)11(8)13-6-1;1-4-5(8-2-6-1)9-3-7-4/h1-7,12H;1-3H,(H,6,7,8,9). The van der Waals surface area contributed by atoms with E-state index in [1.54, 1.807) is 12.5 Å². The molecule has 22 heavy (non-hydrogen) atoms. The zero-order chi connectivity index (χ0) is 14.8. The number of benzene rings is 1. The van der Waals surface area contributed by atoms with Gasteiger partial charge in [0.15, 0.2) is 5.65 Å². The van der Waals surface area contributed by atoms with Crippen molar-refractivity contribution in [2.24, 2.45) is 0 Å². The van der Waals surface area contributed by atoms with E-state index in [2.05, 4.69) is 54.2 Å². The fourth-order valence-electron chi connectivity index (χ4n) is 2.37. The molecule has 6 heteroatoms. The maximum atomic E-state index is 4.36. The van der Waals surface area contributed by atoms with Crippen molar-refractivity contribution in [3.63, 3.8) is 0 Å². The SMILES string of the molecule is c1cnc2c(c1)ccc1[nH]ccc12.c1ncc2[nH]cnc2n1. The lowest BCUT2D eigenvalue weighted by Gasteiger charge is -1.96. The molecule has 5 rings (SSSR count). The van der Waals surface area contributed by atoms with Gasteiger partial charge in [0.05, 0.1) is 18.0 Å². The number of H-pyrrole nitrogens is 2. The maximum absolute atomic E-state index is 4.36. The van der Waals surface area contributed by atoms with Gasteiger partial charge in [-0.15, -0.1) is 0 Å². The summed E-state index contributed by atoms with van der Waals surface area (Å²) >= 11 is 0. The Morgan fingerprint density at radius 3 is 2.82 bits per heavy atom. The number of fused-ring (bicyclic) bond motifs is 4. The molecule has 0 saturated heterocycles. The average Bonchev–Trinajstić information content (AvgIpc) is 3.24. The highest BCUT2D eigenvalue weighted by atomic mass is 15.0. The number of hydrogen-bond acceptors (Lipinski definition) is 4. The van der Waals surface area contributed by atoms with Gasteiger partial charge in [0, 0.05) is 28.7 Å². The van der Waals surface area contributed by atoms with Crippen LogP contribution in [0.25, 0.3) is 33.0 Å². The summed E-state index contributed by atoms with van der Waals surface area (Å²) in [6, 6.07) is 10.3. The molecule has 0 spiro atoms. The van der Waals surface area contributed by atoms with Crippen molar-refractivity contribution in [3.05, 3.63) is 61.6 Å². The minimum absolute atomic E-state index is 0.713. The van der Waals surface area contributed by atoms with E-state index in [4.69, 9.17) is 0 Å². The Balaban J connectivity index is 0.000000122. The molecule has 0 radical (unpaired) electrons. The Hall–Kier alpha value is -3.28. The molecule has 6 nitrogen and oxygen atoms in total. The predicted molar refractivity (Wildman–Crippen MR) is 85.3 cm³/mol. The number of hydrogen-bond donors (Lipinski definition) is 2. The first-order valence-electron chi connectivity index (χ1n) is 6.82. The Morgan fingerprint density at radius 1 is 0.864 bits per heavy atom. The Bertz CT molecular complexity index is 1020. The molecule has 0 fully saturated rings. The van der Waals surface area contributed by atoms with E-state index in [9.17, 15) is 0 Å². The molecule has 106 valence electrons. The fraction of sp³-hybridized carbons (Fsp3) is 0. The third-order valence-electron chi connectivity index (χ3n) is 3.40. The summed E-state index contributed by atoms with van der Waals surface area (Å²) in [4.78, 5) is 22.0. The molecule has 5 aromatic rings. The van der Waals surface area contributed by atoms with E-state index in [1.165, 1.54) is 17.1 Å². The van der Waals surface area contributed by atoms with Crippen molar-refractivity contribution < 1.29 is 0 Å². The molecule has 4 heterocycles. The third-order valence-corrected chi connectivity index (χ3v) is 3.40. The third kappa shape index (κ3) is 2.16. The molecule has 0 bridgehead atoms. The van der Waals surface area contributed by atoms with Gasteiger partial charge in [-0.2, -0.15) is 0 Å². The quantitative estimate of drug-likeness (QED) is 0.458. The van der Waals surface area contributed by atoms with Crippen LogP contribution in [0.5, 0.6) is 0 Å². The Kier molecular flexibility index (Phi) is 2.97. The second-order valence-electron chi connectivity index (χ2n) is 4.74. The van der Waals surface area contributed by atoms with Crippen molar-refractivity contribution in [1.82, 2.24) is 29.9 Å². The lowest BCUT2D eigenvalue weighted by Crippen LogP contribution is -1.77. The first-order valence-corrected chi connectivity index (χ1v) is 6.82. The van der Waals surface area contributed by atoms with E-state index in [1.807, 2.05) is 18.5 Å². The predicted octanol–water partition coefficient (Wildman–Crippen LogP) is 3.07. The topological polar surface area (TPSA) is 83.1 Å². The van der Waals surface area contributed by atoms with E-state index in [0.717, 1.165) is 16.6 Å². The zero-order valence-electron chi connectivity index (χ0n) is 11.6. The Morgan fingerprint density at radius 2 is 1.86 bits per heavy atom. The van der Waals surface area contributed by atoms with Crippen LogP contribution in [0.3, 0.4) is 0 Å². The highest BCUT2D eigenvalue weighted by molar-refractivity contribution is 6.03. The molecule has 2 N–H and O–H groups in total. The van der Waals surface area contributed by atoms with Crippen molar-refractivity contribution >= 4 is 33.0 Å². The van der Waals surface area contributed by atoms with E-state index >= 15 is 0 Å². The molecule has 1 aromatic carbocycles. The molecule has 0 amide bonds. The van der Waals surface area contributed by atoms with E-state index in [-0.39, 0.29) is 0 Å². The maximum Gasteiger partial charge on any atom is 0.180 e. The van der Waals surface area contributed by atoms with Crippen LogP contribution in [0.1, 0.15) is 0 Å². The number of rotatable bonds is 0. The average molecular weight is 288 g/mol. The second kappa shape index (κ2) is 5.25. The minimum Gasteiger partial charge on any atom is -0.361 e. The van der Waals surface area contributed by atoms with Crippen LogP contribution >= 0.6 is 0 Å². The monoisotopic (exact) mass is 288 g/mol. The number of aromatic amines is 2. The molecule has 0 aliphatic carbocycles. The fourth-order valence-corrected chi connectivity index (χ4v) is 2.37. The largest absolute Gasteiger partial charge is 0.361 e. The molecule has 0 aliphatic heterocycles. The highest BCUT2D eigenvalue weighted by Gasteiger charge is 2.00. The van der Waals surface area contributed by atoms with Gasteiger partial charge in [-0.25, -0.2) is 15.0 Å². The van der Waals surface area contributed by atoms with Crippen molar-refractivity contribution in [1.29, 1.82) is 0 Å². The molecule has 4 aromatic heterocycles. The Labute approximate surface area is 125 Å². The molecule has 0 atom stereocenters. The van der Waals surface area contributed by atoms with Gasteiger partial charge in [-0.05, 0) is 18.2 Å². The summed E-state index contributed by atoms with van der Waals surface area (Å²) in [5, 5.41) is 2.38. The molecule has 0 unspecified atom stereocenters. The number of aromatic nitrogens is 6. The first kappa shape index (κ1) is 12.5. The van der Waals surface area contributed by atoms with Crippen LogP contribution in [0.4, 0.5) is 0 Å². The minimum atomic E-state index is 0.713.